The van der Waals surface area contributed by atoms with Crippen molar-refractivity contribution in [2.45, 2.75) is 26.1 Å². The average Bonchev–Trinajstić information content (AvgIpc) is 3.05. The van der Waals surface area contributed by atoms with E-state index in [0.717, 1.165) is 6.54 Å². The van der Waals surface area contributed by atoms with E-state index in [0.29, 0.717) is 18.9 Å². The Morgan fingerprint density at radius 1 is 1.52 bits per heavy atom. The lowest BCUT2D eigenvalue weighted by molar-refractivity contribution is -0.138. The van der Waals surface area contributed by atoms with Gasteiger partial charge in [0.15, 0.2) is 0 Å². The van der Waals surface area contributed by atoms with Crippen LogP contribution >= 0.6 is 0 Å². The molecule has 2 heterocycles. The summed E-state index contributed by atoms with van der Waals surface area (Å²) < 4.78 is 6.53. The van der Waals surface area contributed by atoms with Gasteiger partial charge in [0.2, 0.25) is 5.91 Å². The summed E-state index contributed by atoms with van der Waals surface area (Å²) in [6.07, 6.45) is 1.50. The second-order valence-corrected chi connectivity index (χ2v) is 4.83. The van der Waals surface area contributed by atoms with Crippen molar-refractivity contribution in [2.24, 2.45) is 5.92 Å². The highest BCUT2D eigenvalue weighted by molar-refractivity contribution is 5.79. The normalized spacial score (nSPS) is 21.4. The fourth-order valence-electron chi connectivity index (χ4n) is 2.22. The number of hydrogen-bond donors (Lipinski definition) is 3. The van der Waals surface area contributed by atoms with Crippen LogP contribution in [0.25, 0.3) is 0 Å². The third-order valence-electron chi connectivity index (χ3n) is 3.21. The molecule has 0 bridgehead atoms. The number of amides is 1. The summed E-state index contributed by atoms with van der Waals surface area (Å²) in [4.78, 5) is 22.6. The number of aliphatic carboxylic acids is 1. The first-order chi connectivity index (χ1) is 10.1. The van der Waals surface area contributed by atoms with Crippen molar-refractivity contribution in [3.63, 3.8) is 0 Å². The summed E-state index contributed by atoms with van der Waals surface area (Å²) in [6.45, 7) is 3.65. The van der Waals surface area contributed by atoms with Gasteiger partial charge in [-0.2, -0.15) is 0 Å². The van der Waals surface area contributed by atoms with Crippen LogP contribution in [0.1, 0.15) is 12.6 Å². The van der Waals surface area contributed by atoms with Crippen LogP contribution in [0.4, 0.5) is 0 Å². The summed E-state index contributed by atoms with van der Waals surface area (Å²) in [5.41, 5.74) is 0.517. The molecule has 0 aliphatic carbocycles. The van der Waals surface area contributed by atoms with Gasteiger partial charge in [-0.15, -0.1) is 5.10 Å². The molecule has 0 radical (unpaired) electrons. The highest BCUT2D eigenvalue weighted by Crippen LogP contribution is 2.13. The minimum atomic E-state index is -0.993. The Balaban J connectivity index is 1.83. The van der Waals surface area contributed by atoms with E-state index >= 15 is 0 Å². The second-order valence-electron chi connectivity index (χ2n) is 4.83. The minimum Gasteiger partial charge on any atom is -0.480 e. The van der Waals surface area contributed by atoms with Crippen molar-refractivity contribution in [3.8, 4) is 0 Å². The van der Waals surface area contributed by atoms with E-state index in [4.69, 9.17) is 9.84 Å². The summed E-state index contributed by atoms with van der Waals surface area (Å²) in [6, 6.07) is 0.0256. The number of rotatable bonds is 7. The Morgan fingerprint density at radius 2 is 2.33 bits per heavy atom. The van der Waals surface area contributed by atoms with Crippen molar-refractivity contribution in [1.29, 1.82) is 0 Å². The Labute approximate surface area is 121 Å². The molecule has 1 saturated heterocycles. The zero-order chi connectivity index (χ0) is 15.2. The van der Waals surface area contributed by atoms with Crippen LogP contribution in [0.3, 0.4) is 0 Å². The number of carboxylic acid groups (broad SMARTS) is 1. The van der Waals surface area contributed by atoms with Gasteiger partial charge in [-0.25, -0.2) is 4.68 Å². The lowest BCUT2D eigenvalue weighted by Crippen LogP contribution is -2.43. The van der Waals surface area contributed by atoms with Gasteiger partial charge in [-0.1, -0.05) is 12.1 Å². The molecule has 1 aliphatic rings. The Hall–Kier alpha value is -2.00. The highest BCUT2D eigenvalue weighted by Gasteiger charge is 2.33. The van der Waals surface area contributed by atoms with Crippen LogP contribution in [-0.4, -0.2) is 57.8 Å². The largest absolute Gasteiger partial charge is 0.480 e. The number of nitrogens with one attached hydrogen (secondary N) is 2. The topological polar surface area (TPSA) is 118 Å². The lowest BCUT2D eigenvalue weighted by Gasteiger charge is -2.17. The summed E-state index contributed by atoms with van der Waals surface area (Å²) in [5, 5.41) is 22.1. The van der Waals surface area contributed by atoms with Gasteiger partial charge in [-0.3, -0.25) is 9.59 Å². The van der Waals surface area contributed by atoms with Gasteiger partial charge >= 0.3 is 5.97 Å². The van der Waals surface area contributed by atoms with Gasteiger partial charge in [0.1, 0.15) is 12.2 Å². The smallest absolute Gasteiger partial charge is 0.325 e. The van der Waals surface area contributed by atoms with Crippen LogP contribution in [0.5, 0.6) is 0 Å². The first-order valence-corrected chi connectivity index (χ1v) is 6.79. The molecule has 2 unspecified atom stereocenters. The molecule has 9 heteroatoms. The molecule has 1 aromatic rings. The number of ether oxygens (including phenoxy) is 1. The number of carbonyl (C=O) groups excluding carboxylic acids is 1. The molecule has 0 saturated carbocycles. The molecule has 9 nitrogen and oxygen atoms in total. The second kappa shape index (κ2) is 7.14. The number of carbonyl (C=O) groups is 2. The Morgan fingerprint density at radius 3 is 3.05 bits per heavy atom. The standard InChI is InChI=1S/C12H19N5O4/c1-2-13-10-7-21-6-9(10)12(20)14-3-8-4-17(16-15-8)5-11(18)19/h4,9-10,13H,2-3,5-7H2,1H3,(H,14,20)(H,18,19). The third-order valence-corrected chi connectivity index (χ3v) is 3.21. The average molecular weight is 297 g/mol. The number of hydrogen-bond acceptors (Lipinski definition) is 6. The van der Waals surface area contributed by atoms with Crippen molar-refractivity contribution >= 4 is 11.9 Å². The van der Waals surface area contributed by atoms with E-state index in [1.807, 2.05) is 6.92 Å². The Kier molecular flexibility index (Phi) is 5.23. The predicted molar refractivity (Wildman–Crippen MR) is 71.3 cm³/mol. The predicted octanol–water partition coefficient (Wildman–Crippen LogP) is -1.40. The number of aromatic nitrogens is 3. The van der Waals surface area contributed by atoms with Crippen molar-refractivity contribution < 1.29 is 19.4 Å². The molecule has 0 aromatic carbocycles. The van der Waals surface area contributed by atoms with Crippen LogP contribution in [0.15, 0.2) is 6.20 Å². The molecular weight excluding hydrogens is 278 g/mol. The minimum absolute atomic E-state index is 0.0256. The van der Waals surface area contributed by atoms with E-state index in [-0.39, 0.29) is 31.0 Å². The third kappa shape index (κ3) is 4.23. The van der Waals surface area contributed by atoms with Gasteiger partial charge in [0, 0.05) is 6.04 Å². The molecule has 1 fully saturated rings. The number of nitrogens with zero attached hydrogens (tertiary/aromatic N) is 3. The van der Waals surface area contributed by atoms with Crippen LogP contribution in [-0.2, 0) is 27.4 Å². The highest BCUT2D eigenvalue weighted by atomic mass is 16.5. The Bertz CT molecular complexity index is 504. The fraction of sp³-hybridized carbons (Fsp3) is 0.667. The zero-order valence-electron chi connectivity index (χ0n) is 11.8. The molecule has 1 aromatic heterocycles. The van der Waals surface area contributed by atoms with Crippen molar-refractivity contribution in [3.05, 3.63) is 11.9 Å². The lowest BCUT2D eigenvalue weighted by atomic mass is 10.0. The quantitative estimate of drug-likeness (QED) is 0.566. The van der Waals surface area contributed by atoms with Crippen LogP contribution in [0, 0.1) is 5.92 Å². The maximum absolute atomic E-state index is 12.1. The van der Waals surface area contributed by atoms with Gasteiger partial charge in [0.25, 0.3) is 0 Å². The molecule has 21 heavy (non-hydrogen) atoms. The van der Waals surface area contributed by atoms with Crippen LogP contribution < -0.4 is 10.6 Å². The maximum atomic E-state index is 12.1. The molecule has 0 spiro atoms. The number of likely N-dealkylation sites (N-methyl/N-ethyl adjacent to an activating group) is 1. The van der Waals surface area contributed by atoms with Crippen molar-refractivity contribution in [1.82, 2.24) is 25.6 Å². The SMILES string of the molecule is CCNC1COCC1C(=O)NCc1cn(CC(=O)O)nn1. The van der Waals surface area contributed by atoms with Crippen molar-refractivity contribution in [2.75, 3.05) is 19.8 Å². The van der Waals surface area contributed by atoms with Gasteiger partial charge in [-0.05, 0) is 6.54 Å². The van der Waals surface area contributed by atoms with E-state index in [1.54, 1.807) is 0 Å². The molecule has 2 atom stereocenters. The fourth-order valence-corrected chi connectivity index (χ4v) is 2.22. The van der Waals surface area contributed by atoms with Crippen LogP contribution in [0.2, 0.25) is 0 Å². The summed E-state index contributed by atoms with van der Waals surface area (Å²) >= 11 is 0. The molecule has 1 amide bonds. The van der Waals surface area contributed by atoms with Gasteiger partial charge < -0.3 is 20.5 Å². The maximum Gasteiger partial charge on any atom is 0.325 e. The monoisotopic (exact) mass is 297 g/mol. The first kappa shape index (κ1) is 15.4. The van der Waals surface area contributed by atoms with E-state index < -0.39 is 5.97 Å². The van der Waals surface area contributed by atoms with Gasteiger partial charge in [0.05, 0.1) is 31.9 Å². The molecular formula is C12H19N5O4. The van der Waals surface area contributed by atoms with E-state index in [9.17, 15) is 9.59 Å². The number of carboxylic acids is 1. The molecule has 1 aliphatic heterocycles. The summed E-state index contributed by atoms with van der Waals surface area (Å²) in [7, 11) is 0. The first-order valence-electron chi connectivity index (χ1n) is 6.79. The molecule has 3 N–H and O–H groups in total. The van der Waals surface area contributed by atoms with E-state index in [2.05, 4.69) is 20.9 Å². The van der Waals surface area contributed by atoms with E-state index in [1.165, 1.54) is 10.9 Å². The zero-order valence-corrected chi connectivity index (χ0v) is 11.8. The molecule has 2 rings (SSSR count). The molecule has 116 valence electrons. The summed E-state index contributed by atoms with van der Waals surface area (Å²) in [5.74, 6) is -1.32.